The number of thioether (sulfide) groups is 1. The number of anilines is 1. The van der Waals surface area contributed by atoms with Crippen LogP contribution in [0.3, 0.4) is 0 Å². The average molecular weight is 532 g/mol. The molecule has 2 amide bonds. The number of fused-ring (bicyclic) bond motifs is 3. The Hall–Kier alpha value is -3.22. The van der Waals surface area contributed by atoms with Crippen molar-refractivity contribution in [2.75, 3.05) is 36.6 Å². The number of benzene rings is 1. The van der Waals surface area contributed by atoms with Crippen LogP contribution in [0.4, 0.5) is 10.6 Å². The molecule has 0 fully saturated rings. The van der Waals surface area contributed by atoms with Gasteiger partial charge in [0.1, 0.15) is 30.8 Å². The molecule has 0 radical (unpaired) electrons. The Morgan fingerprint density at radius 3 is 2.76 bits per heavy atom. The molecular formula is C25H33N5O6S. The van der Waals surface area contributed by atoms with Gasteiger partial charge < -0.3 is 29.3 Å². The van der Waals surface area contributed by atoms with Crippen molar-refractivity contribution in [1.29, 1.82) is 0 Å². The van der Waals surface area contributed by atoms with Gasteiger partial charge in [0.25, 0.3) is 0 Å². The molecule has 0 atom stereocenters. The highest BCUT2D eigenvalue weighted by atomic mass is 32.2. The molecule has 12 heteroatoms. The maximum atomic E-state index is 12.6. The predicted octanol–water partition coefficient (Wildman–Crippen LogP) is 2.88. The van der Waals surface area contributed by atoms with Crippen molar-refractivity contribution in [2.24, 2.45) is 0 Å². The van der Waals surface area contributed by atoms with Crippen LogP contribution in [-0.2, 0) is 32.2 Å². The summed E-state index contributed by atoms with van der Waals surface area (Å²) in [5.41, 5.74) is 0.834. The second kappa shape index (κ2) is 13.4. The second-order valence-corrected chi connectivity index (χ2v) is 9.96. The van der Waals surface area contributed by atoms with Crippen LogP contribution < -0.4 is 10.6 Å². The van der Waals surface area contributed by atoms with E-state index >= 15 is 0 Å². The monoisotopic (exact) mass is 531 g/mol. The van der Waals surface area contributed by atoms with Crippen molar-refractivity contribution >= 4 is 57.8 Å². The number of carbonyl (C=O) groups is 3. The maximum Gasteiger partial charge on any atom is 0.412 e. The zero-order valence-electron chi connectivity index (χ0n) is 21.3. The zero-order chi connectivity index (χ0) is 26.8. The molecule has 0 saturated heterocycles. The number of hydrogen-bond acceptors (Lipinski definition) is 9. The third kappa shape index (κ3) is 8.14. The highest BCUT2D eigenvalue weighted by Crippen LogP contribution is 2.31. The molecule has 3 aromatic rings. The number of carbonyl (C=O) groups excluding carboxylic acids is 3. The summed E-state index contributed by atoms with van der Waals surface area (Å²) >= 11 is 1.32. The normalized spacial score (nSPS) is 11.6. The summed E-state index contributed by atoms with van der Waals surface area (Å²) in [5.74, 6) is 1.30. The standard InChI is InChI=1S/C25H33N5O6S/c1-4-35-14-19-28-21-22(30(19)16-25(2,3)34)17-8-5-6-9-18(17)27-23(21)29-24(33)36-12-13-37-15-20(32)26-10-7-11-31/h5-6,8-9,11,34H,4,7,10,12-16H2,1-3H3,(H,26,32)(H,27,29,33). The van der Waals surface area contributed by atoms with Crippen LogP contribution in [-0.4, -0.2) is 74.8 Å². The lowest BCUT2D eigenvalue weighted by Gasteiger charge is -2.20. The highest BCUT2D eigenvalue weighted by molar-refractivity contribution is 7.99. The Balaban J connectivity index is 1.76. The van der Waals surface area contributed by atoms with E-state index in [1.165, 1.54) is 11.8 Å². The number of ether oxygens (including phenoxy) is 2. The van der Waals surface area contributed by atoms with E-state index in [-0.39, 0.29) is 43.7 Å². The molecule has 0 saturated carbocycles. The van der Waals surface area contributed by atoms with Gasteiger partial charge in [-0.25, -0.2) is 14.8 Å². The summed E-state index contributed by atoms with van der Waals surface area (Å²) in [6.07, 6.45) is 0.331. The molecule has 37 heavy (non-hydrogen) atoms. The van der Waals surface area contributed by atoms with Crippen molar-refractivity contribution in [2.45, 2.75) is 45.9 Å². The molecule has 0 aliphatic heterocycles. The minimum atomic E-state index is -1.02. The third-order valence-electron chi connectivity index (χ3n) is 5.14. The van der Waals surface area contributed by atoms with Gasteiger partial charge in [-0.2, -0.15) is 0 Å². The number of pyridine rings is 1. The molecule has 3 N–H and O–H groups in total. The molecule has 200 valence electrons. The lowest BCUT2D eigenvalue weighted by molar-refractivity contribution is -0.118. The number of hydrogen-bond donors (Lipinski definition) is 3. The van der Waals surface area contributed by atoms with Gasteiger partial charge in [0.15, 0.2) is 5.82 Å². The van der Waals surface area contributed by atoms with E-state index in [0.717, 1.165) is 17.2 Å². The fraction of sp³-hybridized carbons (Fsp3) is 0.480. The quantitative estimate of drug-likeness (QED) is 0.211. The fourth-order valence-electron chi connectivity index (χ4n) is 3.64. The Kier molecular flexibility index (Phi) is 10.2. The number of aldehydes is 1. The lowest BCUT2D eigenvalue weighted by Crippen LogP contribution is -2.27. The predicted molar refractivity (Wildman–Crippen MR) is 143 cm³/mol. The molecule has 0 aliphatic rings. The van der Waals surface area contributed by atoms with Crippen LogP contribution in [0.2, 0.25) is 0 Å². The first-order chi connectivity index (χ1) is 17.7. The van der Waals surface area contributed by atoms with Gasteiger partial charge >= 0.3 is 6.09 Å². The highest BCUT2D eigenvalue weighted by Gasteiger charge is 2.24. The molecule has 2 heterocycles. The molecule has 3 rings (SSSR count). The fourth-order valence-corrected chi connectivity index (χ4v) is 4.28. The van der Waals surface area contributed by atoms with Crippen molar-refractivity contribution < 1.29 is 29.0 Å². The first-order valence-electron chi connectivity index (χ1n) is 12.0. The molecule has 0 spiro atoms. The average Bonchev–Trinajstić information content (AvgIpc) is 3.20. The topological polar surface area (TPSA) is 145 Å². The Bertz CT molecular complexity index is 1240. The van der Waals surface area contributed by atoms with E-state index in [1.54, 1.807) is 13.8 Å². The Labute approximate surface area is 219 Å². The number of rotatable bonds is 14. The minimum absolute atomic E-state index is 0.0948. The van der Waals surface area contributed by atoms with Gasteiger partial charge in [0.2, 0.25) is 5.91 Å². The number of aliphatic hydroxyl groups is 1. The number of nitrogens with one attached hydrogen (secondary N) is 2. The molecular weight excluding hydrogens is 498 g/mol. The lowest BCUT2D eigenvalue weighted by atomic mass is 10.1. The van der Waals surface area contributed by atoms with Crippen LogP contribution in [0, 0.1) is 0 Å². The summed E-state index contributed by atoms with van der Waals surface area (Å²) in [6, 6.07) is 7.51. The van der Waals surface area contributed by atoms with Crippen molar-refractivity contribution in [1.82, 2.24) is 19.9 Å². The number of para-hydroxylation sites is 1. The van der Waals surface area contributed by atoms with Gasteiger partial charge in [-0.3, -0.25) is 10.1 Å². The van der Waals surface area contributed by atoms with Crippen molar-refractivity contribution in [3.8, 4) is 0 Å². The molecule has 0 bridgehead atoms. The van der Waals surface area contributed by atoms with Gasteiger partial charge in [-0.1, -0.05) is 18.2 Å². The smallest absolute Gasteiger partial charge is 0.412 e. The van der Waals surface area contributed by atoms with Crippen LogP contribution in [0.1, 0.15) is 33.0 Å². The van der Waals surface area contributed by atoms with E-state index in [9.17, 15) is 19.5 Å². The van der Waals surface area contributed by atoms with Crippen molar-refractivity contribution in [3.05, 3.63) is 30.1 Å². The number of nitrogens with zero attached hydrogens (tertiary/aromatic N) is 3. The number of aromatic nitrogens is 3. The van der Waals surface area contributed by atoms with E-state index < -0.39 is 11.7 Å². The van der Waals surface area contributed by atoms with E-state index in [4.69, 9.17) is 14.5 Å². The first kappa shape index (κ1) is 28.4. The van der Waals surface area contributed by atoms with Crippen LogP contribution in [0.15, 0.2) is 24.3 Å². The van der Waals surface area contributed by atoms with Crippen molar-refractivity contribution in [3.63, 3.8) is 0 Å². The summed E-state index contributed by atoms with van der Waals surface area (Å²) in [7, 11) is 0. The molecule has 11 nitrogen and oxygen atoms in total. The number of imidazole rings is 1. The van der Waals surface area contributed by atoms with Crippen LogP contribution >= 0.6 is 11.8 Å². The van der Waals surface area contributed by atoms with Gasteiger partial charge in [-0.05, 0) is 26.8 Å². The first-order valence-corrected chi connectivity index (χ1v) is 13.2. The molecule has 2 aromatic heterocycles. The summed E-state index contributed by atoms with van der Waals surface area (Å²) < 4.78 is 12.8. The number of amides is 2. The van der Waals surface area contributed by atoms with E-state index in [2.05, 4.69) is 15.6 Å². The second-order valence-electron chi connectivity index (χ2n) is 8.86. The minimum Gasteiger partial charge on any atom is -0.448 e. The third-order valence-corrected chi connectivity index (χ3v) is 6.06. The largest absolute Gasteiger partial charge is 0.448 e. The van der Waals surface area contributed by atoms with E-state index in [0.29, 0.717) is 35.8 Å². The van der Waals surface area contributed by atoms with Crippen LogP contribution in [0.5, 0.6) is 0 Å². The molecule has 0 aliphatic carbocycles. The molecule has 1 aromatic carbocycles. The van der Waals surface area contributed by atoms with Gasteiger partial charge in [0.05, 0.1) is 28.9 Å². The van der Waals surface area contributed by atoms with Gasteiger partial charge in [0, 0.05) is 30.7 Å². The molecule has 0 unspecified atom stereocenters. The Morgan fingerprint density at radius 2 is 2.03 bits per heavy atom. The van der Waals surface area contributed by atoms with Crippen LogP contribution in [0.25, 0.3) is 21.9 Å². The summed E-state index contributed by atoms with van der Waals surface area (Å²) in [6.45, 7) is 6.74. The summed E-state index contributed by atoms with van der Waals surface area (Å²) in [5, 5.41) is 16.7. The zero-order valence-corrected chi connectivity index (χ0v) is 22.1. The maximum absolute atomic E-state index is 12.6. The SMILES string of the molecule is CCOCc1nc2c(NC(=O)OCCSCC(=O)NCCC=O)nc3ccccc3c2n1CC(C)(C)O. The Morgan fingerprint density at radius 1 is 1.24 bits per heavy atom. The summed E-state index contributed by atoms with van der Waals surface area (Å²) in [4.78, 5) is 43.8. The van der Waals surface area contributed by atoms with Gasteiger partial charge in [-0.15, -0.1) is 11.8 Å². The van der Waals surface area contributed by atoms with E-state index in [1.807, 2.05) is 35.8 Å².